The van der Waals surface area contributed by atoms with Crippen LogP contribution in [0.1, 0.15) is 12.8 Å². The van der Waals surface area contributed by atoms with Crippen LogP contribution >= 0.6 is 0 Å². The van der Waals surface area contributed by atoms with Crippen molar-refractivity contribution < 1.29 is 14.3 Å². The topological polar surface area (TPSA) is 103 Å². The summed E-state index contributed by atoms with van der Waals surface area (Å²) < 4.78 is 13.2. The molecule has 2 aromatic heterocycles. The molecule has 170 valence electrons. The van der Waals surface area contributed by atoms with E-state index < -0.39 is 5.91 Å². The lowest BCUT2D eigenvalue weighted by molar-refractivity contribution is -0.117. The van der Waals surface area contributed by atoms with Gasteiger partial charge < -0.3 is 19.7 Å². The predicted octanol–water partition coefficient (Wildman–Crippen LogP) is 2.30. The maximum atomic E-state index is 13.3. The molecule has 3 heterocycles. The number of carbonyl (C=O) groups is 1. The van der Waals surface area contributed by atoms with Crippen LogP contribution in [0.3, 0.4) is 0 Å². The molecule has 1 amide bonds. The number of para-hydroxylation sites is 2. The van der Waals surface area contributed by atoms with E-state index in [0.29, 0.717) is 39.7 Å². The maximum Gasteiger partial charge on any atom is 0.351 e. The Morgan fingerprint density at radius 2 is 1.88 bits per heavy atom. The molecule has 4 aromatic rings. The van der Waals surface area contributed by atoms with Gasteiger partial charge in [-0.05, 0) is 37.1 Å². The van der Waals surface area contributed by atoms with Gasteiger partial charge in [0.05, 0.1) is 30.9 Å². The Morgan fingerprint density at radius 1 is 1.09 bits per heavy atom. The third-order valence-electron chi connectivity index (χ3n) is 5.77. The van der Waals surface area contributed by atoms with Crippen LogP contribution in [0.5, 0.6) is 11.5 Å². The maximum absolute atomic E-state index is 13.3. The standard InChI is InChI=1S/C23H24N6O4/c1-32-15-9-10-17(19(13-15)33-2)24-20(30)14-28-23(31)29-18-8-4-3-7-16(18)25-21(22(29)26-28)27-11-5-6-12-27/h3-4,7-10,13H,5-6,11-12,14H2,1-2H3,(H,24,30). The molecule has 1 aliphatic rings. The van der Waals surface area contributed by atoms with Crippen molar-refractivity contribution in [2.45, 2.75) is 19.4 Å². The second kappa shape index (κ2) is 8.45. The van der Waals surface area contributed by atoms with Gasteiger partial charge in [0.1, 0.15) is 18.0 Å². The highest BCUT2D eigenvalue weighted by Gasteiger charge is 2.23. The van der Waals surface area contributed by atoms with Gasteiger partial charge in [-0.3, -0.25) is 4.79 Å². The Morgan fingerprint density at radius 3 is 2.64 bits per heavy atom. The fraction of sp³-hybridized carbons (Fsp3) is 0.304. The summed E-state index contributed by atoms with van der Waals surface area (Å²) in [6.45, 7) is 1.48. The van der Waals surface area contributed by atoms with Crippen LogP contribution < -0.4 is 25.4 Å². The monoisotopic (exact) mass is 448 g/mol. The van der Waals surface area contributed by atoms with Gasteiger partial charge in [0, 0.05) is 19.2 Å². The number of ether oxygens (including phenoxy) is 2. The first-order chi connectivity index (χ1) is 16.1. The van der Waals surface area contributed by atoms with Crippen LogP contribution in [-0.4, -0.2) is 52.4 Å². The zero-order valence-corrected chi connectivity index (χ0v) is 18.4. The van der Waals surface area contributed by atoms with E-state index in [2.05, 4.69) is 15.3 Å². The van der Waals surface area contributed by atoms with Crippen molar-refractivity contribution >= 4 is 34.1 Å². The summed E-state index contributed by atoms with van der Waals surface area (Å²) in [6, 6.07) is 12.5. The molecule has 1 aliphatic heterocycles. The van der Waals surface area contributed by atoms with Crippen molar-refractivity contribution in [1.29, 1.82) is 0 Å². The van der Waals surface area contributed by atoms with Crippen LogP contribution in [0.4, 0.5) is 11.5 Å². The van der Waals surface area contributed by atoms with Gasteiger partial charge in [-0.15, -0.1) is 5.10 Å². The van der Waals surface area contributed by atoms with E-state index in [4.69, 9.17) is 14.5 Å². The molecule has 5 rings (SSSR count). The number of hydrogen-bond donors (Lipinski definition) is 1. The summed E-state index contributed by atoms with van der Waals surface area (Å²) in [5, 5.41) is 7.29. The number of rotatable bonds is 6. The van der Waals surface area contributed by atoms with E-state index in [1.54, 1.807) is 25.3 Å². The summed E-state index contributed by atoms with van der Waals surface area (Å²) in [5.74, 6) is 1.33. The fourth-order valence-electron chi connectivity index (χ4n) is 4.15. The van der Waals surface area contributed by atoms with E-state index in [1.165, 1.54) is 16.2 Å². The molecule has 2 aromatic carbocycles. The molecule has 0 aliphatic carbocycles. The molecular formula is C23H24N6O4. The second-order valence-corrected chi connectivity index (χ2v) is 7.83. The average molecular weight is 448 g/mol. The molecule has 33 heavy (non-hydrogen) atoms. The highest BCUT2D eigenvalue weighted by molar-refractivity contribution is 5.92. The highest BCUT2D eigenvalue weighted by Crippen LogP contribution is 2.29. The summed E-state index contributed by atoms with van der Waals surface area (Å²) >= 11 is 0. The minimum Gasteiger partial charge on any atom is -0.497 e. The molecule has 10 nitrogen and oxygen atoms in total. The van der Waals surface area contributed by atoms with E-state index in [0.717, 1.165) is 25.9 Å². The predicted molar refractivity (Wildman–Crippen MR) is 124 cm³/mol. The van der Waals surface area contributed by atoms with Gasteiger partial charge in [0.15, 0.2) is 5.82 Å². The molecule has 0 spiro atoms. The van der Waals surface area contributed by atoms with Crippen LogP contribution in [0.2, 0.25) is 0 Å². The number of amides is 1. The molecule has 1 saturated heterocycles. The third-order valence-corrected chi connectivity index (χ3v) is 5.77. The van der Waals surface area contributed by atoms with Gasteiger partial charge in [-0.2, -0.15) is 0 Å². The van der Waals surface area contributed by atoms with Gasteiger partial charge in [-0.25, -0.2) is 18.9 Å². The van der Waals surface area contributed by atoms with E-state index in [9.17, 15) is 9.59 Å². The summed E-state index contributed by atoms with van der Waals surface area (Å²) in [6.07, 6.45) is 2.13. The number of methoxy groups -OCH3 is 2. The lowest BCUT2D eigenvalue weighted by atomic mass is 10.2. The van der Waals surface area contributed by atoms with Gasteiger partial charge >= 0.3 is 5.69 Å². The molecule has 10 heteroatoms. The molecule has 1 N–H and O–H groups in total. The molecule has 0 unspecified atom stereocenters. The van der Waals surface area contributed by atoms with Crippen molar-refractivity contribution in [3.05, 3.63) is 52.9 Å². The molecular weight excluding hydrogens is 424 g/mol. The molecule has 0 saturated carbocycles. The second-order valence-electron chi connectivity index (χ2n) is 7.83. The lowest BCUT2D eigenvalue weighted by Gasteiger charge is -2.17. The van der Waals surface area contributed by atoms with E-state index in [1.807, 2.05) is 24.3 Å². The molecule has 0 bridgehead atoms. The SMILES string of the molecule is COc1ccc(NC(=O)Cn2nc3c(N4CCCC4)nc4ccccc4n3c2=O)c(OC)c1. The van der Waals surface area contributed by atoms with Crippen LogP contribution in [0, 0.1) is 0 Å². The number of nitrogens with one attached hydrogen (secondary N) is 1. The Hall–Kier alpha value is -4.08. The van der Waals surface area contributed by atoms with Crippen LogP contribution in [-0.2, 0) is 11.3 Å². The Kier molecular flexibility index (Phi) is 5.33. The number of carbonyl (C=O) groups excluding carboxylic acids is 1. The fourth-order valence-corrected chi connectivity index (χ4v) is 4.15. The average Bonchev–Trinajstić information content (AvgIpc) is 3.48. The van der Waals surface area contributed by atoms with Crippen molar-refractivity contribution in [3.63, 3.8) is 0 Å². The minimum atomic E-state index is -0.399. The quantitative estimate of drug-likeness (QED) is 0.483. The smallest absolute Gasteiger partial charge is 0.351 e. The summed E-state index contributed by atoms with van der Waals surface area (Å²) in [7, 11) is 3.06. The minimum absolute atomic E-state index is 0.247. The largest absolute Gasteiger partial charge is 0.497 e. The molecule has 1 fully saturated rings. The Balaban J connectivity index is 1.52. The Bertz CT molecular complexity index is 1400. The van der Waals surface area contributed by atoms with Crippen molar-refractivity contribution in [3.8, 4) is 11.5 Å². The molecule has 0 radical (unpaired) electrons. The third kappa shape index (κ3) is 3.73. The van der Waals surface area contributed by atoms with Gasteiger partial charge in [0.2, 0.25) is 11.6 Å². The van der Waals surface area contributed by atoms with Crippen LogP contribution in [0.15, 0.2) is 47.3 Å². The van der Waals surface area contributed by atoms with Crippen molar-refractivity contribution in [1.82, 2.24) is 19.2 Å². The van der Waals surface area contributed by atoms with Gasteiger partial charge in [-0.1, -0.05) is 12.1 Å². The lowest BCUT2D eigenvalue weighted by Crippen LogP contribution is -2.28. The number of hydrogen-bond acceptors (Lipinski definition) is 7. The van der Waals surface area contributed by atoms with E-state index >= 15 is 0 Å². The summed E-state index contributed by atoms with van der Waals surface area (Å²) in [5.41, 5.74) is 1.91. The number of benzene rings is 2. The Labute approximate surface area is 189 Å². The normalized spacial score (nSPS) is 13.6. The number of aromatic nitrogens is 4. The zero-order chi connectivity index (χ0) is 22.9. The number of anilines is 2. The first-order valence-electron chi connectivity index (χ1n) is 10.7. The highest BCUT2D eigenvalue weighted by atomic mass is 16.5. The summed E-state index contributed by atoms with van der Waals surface area (Å²) in [4.78, 5) is 33.0. The first kappa shape index (κ1) is 20.8. The molecule has 0 atom stereocenters. The first-order valence-corrected chi connectivity index (χ1v) is 10.7. The van der Waals surface area contributed by atoms with Crippen LogP contribution in [0.25, 0.3) is 16.7 Å². The zero-order valence-electron chi connectivity index (χ0n) is 18.4. The van der Waals surface area contributed by atoms with Crippen molar-refractivity contribution in [2.75, 3.05) is 37.5 Å². The van der Waals surface area contributed by atoms with Crippen molar-refractivity contribution in [2.24, 2.45) is 0 Å². The number of nitrogens with zero attached hydrogens (tertiary/aromatic N) is 5. The van der Waals surface area contributed by atoms with Gasteiger partial charge in [0.25, 0.3) is 0 Å². The number of fused-ring (bicyclic) bond motifs is 3. The van der Waals surface area contributed by atoms with E-state index in [-0.39, 0.29) is 12.2 Å².